The van der Waals surface area contributed by atoms with Crippen molar-refractivity contribution in [3.63, 3.8) is 0 Å². The summed E-state index contributed by atoms with van der Waals surface area (Å²) in [6.07, 6.45) is 0. The molecule has 0 saturated heterocycles. The van der Waals surface area contributed by atoms with E-state index >= 15 is 0 Å². The first kappa shape index (κ1) is 21.6. The molecule has 6 rings (SSSR count). The molecule has 2 heterocycles. The van der Waals surface area contributed by atoms with Crippen molar-refractivity contribution in [1.82, 2.24) is 0 Å². The van der Waals surface area contributed by atoms with E-state index in [0.29, 0.717) is 11.1 Å². The smallest absolute Gasteiger partial charge is 0.249 e. The molecular weight excluding hydrogens is 445 g/mol. The van der Waals surface area contributed by atoms with Crippen molar-refractivity contribution in [1.29, 1.82) is 10.5 Å². The zero-order valence-corrected chi connectivity index (χ0v) is 20.6. The lowest BCUT2D eigenvalue weighted by Gasteiger charge is -2.41. The van der Waals surface area contributed by atoms with Crippen LogP contribution in [0.3, 0.4) is 0 Å². The standard InChI is InChI=1S/C30H22BN3S/c1-30(2,3)21-15-25-27-26(16-21)35-29-20(18-33)10-8-14-24(29)31(27)23-13-7-9-19(17-32)28(23)34(25)22-11-5-4-6-12-22/h4-16H,1-3H3. The molecular formula is C30H22BN3S. The molecule has 0 fully saturated rings. The Bertz CT molecular complexity index is 1590. The molecule has 0 spiro atoms. The summed E-state index contributed by atoms with van der Waals surface area (Å²) in [5.74, 6) is 0. The first-order chi connectivity index (χ1) is 16.9. The Balaban J connectivity index is 1.77. The fraction of sp³-hybridized carbons (Fsp3) is 0.133. The average molecular weight is 467 g/mol. The summed E-state index contributed by atoms with van der Waals surface area (Å²) >= 11 is 1.70. The lowest BCUT2D eigenvalue weighted by Crippen LogP contribution is -2.60. The van der Waals surface area contributed by atoms with Crippen LogP contribution >= 0.6 is 11.8 Å². The van der Waals surface area contributed by atoms with Crippen LogP contribution in [0.25, 0.3) is 0 Å². The highest BCUT2D eigenvalue weighted by molar-refractivity contribution is 8.00. The molecule has 4 aromatic rings. The van der Waals surface area contributed by atoms with Gasteiger partial charge in [-0.25, -0.2) is 0 Å². The van der Waals surface area contributed by atoms with E-state index in [9.17, 15) is 10.5 Å². The summed E-state index contributed by atoms with van der Waals surface area (Å²) in [7, 11) is 0. The molecule has 0 N–H and O–H groups in total. The van der Waals surface area contributed by atoms with Crippen LogP contribution in [0.1, 0.15) is 37.5 Å². The van der Waals surface area contributed by atoms with Crippen molar-refractivity contribution in [2.45, 2.75) is 36.0 Å². The maximum atomic E-state index is 10.2. The minimum absolute atomic E-state index is 0.0400. The summed E-state index contributed by atoms with van der Waals surface area (Å²) < 4.78 is 0. The summed E-state index contributed by atoms with van der Waals surface area (Å²) in [5.41, 5.74) is 9.07. The van der Waals surface area contributed by atoms with Crippen LogP contribution in [-0.4, -0.2) is 6.71 Å². The van der Waals surface area contributed by atoms with Crippen LogP contribution in [0, 0.1) is 22.7 Å². The topological polar surface area (TPSA) is 50.8 Å². The quantitative estimate of drug-likeness (QED) is 0.300. The highest BCUT2D eigenvalue weighted by Crippen LogP contribution is 2.45. The lowest BCUT2D eigenvalue weighted by atomic mass is 9.34. The van der Waals surface area contributed by atoms with Crippen molar-refractivity contribution in [3.05, 3.63) is 95.6 Å². The molecule has 35 heavy (non-hydrogen) atoms. The maximum absolute atomic E-state index is 10.2. The van der Waals surface area contributed by atoms with Gasteiger partial charge in [0.05, 0.1) is 16.8 Å². The molecule has 2 aliphatic heterocycles. The predicted octanol–water partition coefficient (Wildman–Crippen LogP) is 5.49. The van der Waals surface area contributed by atoms with Gasteiger partial charge in [-0.2, -0.15) is 10.5 Å². The molecule has 0 radical (unpaired) electrons. The van der Waals surface area contributed by atoms with Crippen molar-refractivity contribution in [2.24, 2.45) is 0 Å². The SMILES string of the molecule is CC(C)(C)c1cc2c3c(c1)N(c1ccccc1)c1c(C#N)cccc1B3c1cccc(C#N)c1S2. The van der Waals surface area contributed by atoms with Crippen molar-refractivity contribution >= 4 is 51.9 Å². The highest BCUT2D eigenvalue weighted by atomic mass is 32.2. The van der Waals surface area contributed by atoms with Gasteiger partial charge in [-0.1, -0.05) is 80.5 Å². The first-order valence-corrected chi connectivity index (χ1v) is 12.5. The van der Waals surface area contributed by atoms with E-state index in [1.807, 2.05) is 42.5 Å². The Morgan fingerprint density at radius 1 is 0.800 bits per heavy atom. The second-order valence-electron chi connectivity index (χ2n) is 10.1. The predicted molar refractivity (Wildman–Crippen MR) is 144 cm³/mol. The maximum Gasteiger partial charge on any atom is 0.249 e. The van der Waals surface area contributed by atoms with Gasteiger partial charge in [-0.15, -0.1) is 0 Å². The van der Waals surface area contributed by atoms with E-state index in [1.165, 1.54) is 15.9 Å². The molecule has 0 unspecified atom stereocenters. The number of nitrogens with zero attached hydrogens (tertiary/aromatic N) is 3. The Hall–Kier alpha value is -3.93. The summed E-state index contributed by atoms with van der Waals surface area (Å²) in [5, 5.41) is 20.1. The molecule has 5 heteroatoms. The molecule has 0 bridgehead atoms. The molecule has 0 amide bonds. The lowest BCUT2D eigenvalue weighted by molar-refractivity contribution is 0.589. The number of fused-ring (bicyclic) bond motifs is 4. The van der Waals surface area contributed by atoms with Gasteiger partial charge in [0.2, 0.25) is 6.71 Å². The summed E-state index contributed by atoms with van der Waals surface area (Å²) in [6.45, 7) is 6.64. The largest absolute Gasteiger partial charge is 0.310 e. The Morgan fingerprint density at radius 3 is 2.17 bits per heavy atom. The van der Waals surface area contributed by atoms with E-state index in [4.69, 9.17) is 0 Å². The number of hydrogen-bond donors (Lipinski definition) is 0. The minimum atomic E-state index is -0.0615. The van der Waals surface area contributed by atoms with Crippen LogP contribution in [0.2, 0.25) is 0 Å². The third-order valence-electron chi connectivity index (χ3n) is 6.94. The van der Waals surface area contributed by atoms with Crippen LogP contribution in [0.5, 0.6) is 0 Å². The Kier molecular flexibility index (Phi) is 4.82. The Morgan fingerprint density at radius 2 is 1.49 bits per heavy atom. The molecule has 3 nitrogen and oxygen atoms in total. The Labute approximate surface area is 210 Å². The van der Waals surface area contributed by atoms with Gasteiger partial charge in [0, 0.05) is 21.2 Å². The zero-order valence-electron chi connectivity index (χ0n) is 19.8. The van der Waals surface area contributed by atoms with Crippen molar-refractivity contribution in [2.75, 3.05) is 4.90 Å². The molecule has 0 aromatic heterocycles. The summed E-state index contributed by atoms with van der Waals surface area (Å²) in [4.78, 5) is 4.46. The van der Waals surface area contributed by atoms with Gasteiger partial charge in [0.25, 0.3) is 0 Å². The van der Waals surface area contributed by atoms with E-state index in [-0.39, 0.29) is 12.1 Å². The van der Waals surface area contributed by atoms with Gasteiger partial charge >= 0.3 is 0 Å². The number of anilines is 3. The number of benzene rings is 4. The average Bonchev–Trinajstić information content (AvgIpc) is 2.87. The van der Waals surface area contributed by atoms with Crippen molar-refractivity contribution in [3.8, 4) is 12.1 Å². The third kappa shape index (κ3) is 3.20. The molecule has 0 atom stereocenters. The summed E-state index contributed by atoms with van der Waals surface area (Å²) in [6, 6.07) is 31.8. The van der Waals surface area contributed by atoms with Crippen LogP contribution in [0.15, 0.2) is 88.7 Å². The monoisotopic (exact) mass is 467 g/mol. The number of nitriles is 2. The second kappa shape index (κ2) is 7.80. The molecule has 0 saturated carbocycles. The fourth-order valence-electron chi connectivity index (χ4n) is 5.28. The molecule has 2 aliphatic rings. The second-order valence-corrected chi connectivity index (χ2v) is 11.1. The van der Waals surface area contributed by atoms with Crippen LogP contribution < -0.4 is 21.3 Å². The van der Waals surface area contributed by atoms with E-state index < -0.39 is 0 Å². The minimum Gasteiger partial charge on any atom is -0.310 e. The van der Waals surface area contributed by atoms with Gasteiger partial charge in [0.15, 0.2) is 0 Å². The first-order valence-electron chi connectivity index (χ1n) is 11.7. The van der Waals surface area contributed by atoms with Crippen LogP contribution in [0.4, 0.5) is 17.1 Å². The van der Waals surface area contributed by atoms with Gasteiger partial charge < -0.3 is 4.90 Å². The van der Waals surface area contributed by atoms with Crippen LogP contribution in [-0.2, 0) is 5.41 Å². The van der Waals surface area contributed by atoms with Gasteiger partial charge in [-0.05, 0) is 58.3 Å². The third-order valence-corrected chi connectivity index (χ3v) is 8.16. The van der Waals surface area contributed by atoms with E-state index in [1.54, 1.807) is 11.8 Å². The van der Waals surface area contributed by atoms with Gasteiger partial charge in [0.1, 0.15) is 12.1 Å². The van der Waals surface area contributed by atoms with E-state index in [0.717, 1.165) is 32.9 Å². The van der Waals surface area contributed by atoms with Crippen molar-refractivity contribution < 1.29 is 0 Å². The number of hydrogen-bond acceptors (Lipinski definition) is 4. The molecule has 166 valence electrons. The number of para-hydroxylation sites is 2. The highest BCUT2D eigenvalue weighted by Gasteiger charge is 2.43. The fourth-order valence-corrected chi connectivity index (χ4v) is 6.54. The van der Waals surface area contributed by atoms with E-state index in [2.05, 4.69) is 74.2 Å². The number of rotatable bonds is 1. The molecule has 4 aromatic carbocycles. The zero-order chi connectivity index (χ0) is 24.3. The normalized spacial score (nSPS) is 13.3. The van der Waals surface area contributed by atoms with Gasteiger partial charge in [-0.3, -0.25) is 0 Å². The molecule has 0 aliphatic carbocycles.